The summed E-state index contributed by atoms with van der Waals surface area (Å²) in [5, 5.41) is 3.00. The van der Waals surface area contributed by atoms with Crippen molar-refractivity contribution in [3.63, 3.8) is 0 Å². The molecule has 1 N–H and O–H groups in total. The highest BCUT2D eigenvalue weighted by molar-refractivity contribution is 5.30. The van der Waals surface area contributed by atoms with Crippen molar-refractivity contribution in [2.24, 2.45) is 0 Å². The number of hydrogen-bond donors (Lipinski definition) is 1. The van der Waals surface area contributed by atoms with Gasteiger partial charge in [-0.05, 0) is 32.5 Å². The SMILES string of the molecule is C=C(C)COc1ccc(C(C)NC)c(F)c1. The highest BCUT2D eigenvalue weighted by Gasteiger charge is 2.09. The van der Waals surface area contributed by atoms with Gasteiger partial charge in [-0.2, -0.15) is 0 Å². The molecule has 0 spiro atoms. The first kappa shape index (κ1) is 12.7. The van der Waals surface area contributed by atoms with E-state index in [2.05, 4.69) is 11.9 Å². The molecule has 0 aliphatic rings. The molecular formula is C13H18FNO. The average molecular weight is 223 g/mol. The van der Waals surface area contributed by atoms with Gasteiger partial charge in [0.1, 0.15) is 18.2 Å². The van der Waals surface area contributed by atoms with Crippen LogP contribution in [0.2, 0.25) is 0 Å². The zero-order chi connectivity index (χ0) is 12.1. The average Bonchev–Trinajstić information content (AvgIpc) is 2.25. The molecule has 1 unspecified atom stereocenters. The Morgan fingerprint density at radius 2 is 2.25 bits per heavy atom. The Morgan fingerprint density at radius 1 is 1.56 bits per heavy atom. The molecule has 0 heterocycles. The zero-order valence-electron chi connectivity index (χ0n) is 10.0. The Hall–Kier alpha value is -1.35. The second kappa shape index (κ2) is 5.66. The van der Waals surface area contributed by atoms with Crippen molar-refractivity contribution < 1.29 is 9.13 Å². The number of rotatable bonds is 5. The molecule has 0 aromatic heterocycles. The minimum Gasteiger partial charge on any atom is -0.489 e. The molecule has 0 bridgehead atoms. The molecule has 1 atom stereocenters. The van der Waals surface area contributed by atoms with Gasteiger partial charge in [-0.3, -0.25) is 0 Å². The van der Waals surface area contributed by atoms with E-state index in [1.807, 2.05) is 13.8 Å². The minimum absolute atomic E-state index is 0.00445. The Labute approximate surface area is 96.1 Å². The topological polar surface area (TPSA) is 21.3 Å². The Morgan fingerprint density at radius 3 is 2.75 bits per heavy atom. The molecule has 3 heteroatoms. The number of hydrogen-bond acceptors (Lipinski definition) is 2. The van der Waals surface area contributed by atoms with Crippen LogP contribution >= 0.6 is 0 Å². The fourth-order valence-corrected chi connectivity index (χ4v) is 1.31. The summed E-state index contributed by atoms with van der Waals surface area (Å²) in [6.45, 7) is 7.92. The molecule has 0 radical (unpaired) electrons. The van der Waals surface area contributed by atoms with Crippen molar-refractivity contribution in [1.82, 2.24) is 5.32 Å². The fourth-order valence-electron chi connectivity index (χ4n) is 1.31. The van der Waals surface area contributed by atoms with Crippen molar-refractivity contribution in [3.05, 3.63) is 41.7 Å². The zero-order valence-corrected chi connectivity index (χ0v) is 10.0. The van der Waals surface area contributed by atoms with E-state index < -0.39 is 0 Å². The van der Waals surface area contributed by atoms with Crippen LogP contribution in [0.25, 0.3) is 0 Å². The summed E-state index contributed by atoms with van der Waals surface area (Å²) in [6.07, 6.45) is 0. The summed E-state index contributed by atoms with van der Waals surface area (Å²) in [6, 6.07) is 4.92. The van der Waals surface area contributed by atoms with Crippen molar-refractivity contribution in [3.8, 4) is 5.75 Å². The Kier molecular flexibility index (Phi) is 4.50. The smallest absolute Gasteiger partial charge is 0.131 e. The van der Waals surface area contributed by atoms with Gasteiger partial charge in [0.2, 0.25) is 0 Å². The van der Waals surface area contributed by atoms with E-state index >= 15 is 0 Å². The lowest BCUT2D eigenvalue weighted by Crippen LogP contribution is -2.13. The number of benzene rings is 1. The van der Waals surface area contributed by atoms with Crippen LogP contribution in [0.4, 0.5) is 4.39 Å². The quantitative estimate of drug-likeness (QED) is 0.775. The maximum Gasteiger partial charge on any atom is 0.131 e. The van der Waals surface area contributed by atoms with Gasteiger partial charge >= 0.3 is 0 Å². The van der Waals surface area contributed by atoms with E-state index in [0.717, 1.165) is 5.57 Å². The van der Waals surface area contributed by atoms with E-state index in [4.69, 9.17) is 4.74 Å². The molecule has 0 amide bonds. The van der Waals surface area contributed by atoms with Crippen molar-refractivity contribution in [2.45, 2.75) is 19.9 Å². The first-order chi connectivity index (χ1) is 7.54. The summed E-state index contributed by atoms with van der Waals surface area (Å²) < 4.78 is 19.0. The highest BCUT2D eigenvalue weighted by Crippen LogP contribution is 2.21. The van der Waals surface area contributed by atoms with Gasteiger partial charge in [-0.1, -0.05) is 12.6 Å². The van der Waals surface area contributed by atoms with Crippen molar-refractivity contribution >= 4 is 0 Å². The van der Waals surface area contributed by atoms with E-state index in [0.29, 0.717) is 17.9 Å². The predicted octanol–water partition coefficient (Wildman–Crippen LogP) is 3.06. The normalized spacial score (nSPS) is 12.2. The molecule has 88 valence electrons. The lowest BCUT2D eigenvalue weighted by atomic mass is 10.1. The molecule has 0 fully saturated rings. The first-order valence-corrected chi connectivity index (χ1v) is 5.28. The maximum atomic E-state index is 13.7. The van der Waals surface area contributed by atoms with Gasteiger partial charge in [0, 0.05) is 17.7 Å². The van der Waals surface area contributed by atoms with Gasteiger partial charge in [0.15, 0.2) is 0 Å². The predicted molar refractivity (Wildman–Crippen MR) is 64.2 cm³/mol. The Balaban J connectivity index is 2.78. The molecule has 0 saturated carbocycles. The molecule has 1 aromatic carbocycles. The van der Waals surface area contributed by atoms with Crippen LogP contribution in [-0.4, -0.2) is 13.7 Å². The third-order valence-electron chi connectivity index (χ3n) is 2.36. The van der Waals surface area contributed by atoms with Gasteiger partial charge in [-0.15, -0.1) is 0 Å². The van der Waals surface area contributed by atoms with Gasteiger partial charge in [0.25, 0.3) is 0 Å². The van der Waals surface area contributed by atoms with E-state index in [1.165, 1.54) is 6.07 Å². The first-order valence-electron chi connectivity index (χ1n) is 5.28. The van der Waals surface area contributed by atoms with Crippen LogP contribution in [0.5, 0.6) is 5.75 Å². The third-order valence-corrected chi connectivity index (χ3v) is 2.36. The highest BCUT2D eigenvalue weighted by atomic mass is 19.1. The summed E-state index contributed by atoms with van der Waals surface area (Å²) >= 11 is 0. The van der Waals surface area contributed by atoms with Crippen LogP contribution in [-0.2, 0) is 0 Å². The van der Waals surface area contributed by atoms with Gasteiger partial charge in [-0.25, -0.2) is 4.39 Å². The third kappa shape index (κ3) is 3.35. The number of ether oxygens (including phenoxy) is 1. The van der Waals surface area contributed by atoms with Crippen LogP contribution in [0, 0.1) is 5.82 Å². The van der Waals surface area contributed by atoms with Gasteiger partial charge in [0.05, 0.1) is 0 Å². The van der Waals surface area contributed by atoms with Crippen LogP contribution < -0.4 is 10.1 Å². The molecule has 0 saturated heterocycles. The standard InChI is InChI=1S/C13H18FNO/c1-9(2)8-16-11-5-6-12(10(3)15-4)13(14)7-11/h5-7,10,15H,1,8H2,2-4H3. The van der Waals surface area contributed by atoms with E-state index in [-0.39, 0.29) is 11.9 Å². The van der Waals surface area contributed by atoms with Gasteiger partial charge < -0.3 is 10.1 Å². The summed E-state index contributed by atoms with van der Waals surface area (Å²) in [5.41, 5.74) is 1.55. The largest absolute Gasteiger partial charge is 0.489 e. The molecule has 16 heavy (non-hydrogen) atoms. The fraction of sp³-hybridized carbons (Fsp3) is 0.385. The molecule has 0 aliphatic heterocycles. The Bertz CT molecular complexity index is 376. The number of halogens is 1. The molecule has 0 aliphatic carbocycles. The van der Waals surface area contributed by atoms with E-state index in [1.54, 1.807) is 19.2 Å². The van der Waals surface area contributed by atoms with Crippen molar-refractivity contribution in [1.29, 1.82) is 0 Å². The molecule has 1 rings (SSSR count). The molecule has 1 aromatic rings. The lowest BCUT2D eigenvalue weighted by molar-refractivity contribution is 0.350. The van der Waals surface area contributed by atoms with Crippen LogP contribution in [0.3, 0.4) is 0 Å². The van der Waals surface area contributed by atoms with Crippen LogP contribution in [0.15, 0.2) is 30.4 Å². The monoisotopic (exact) mass is 223 g/mol. The number of nitrogens with one attached hydrogen (secondary N) is 1. The summed E-state index contributed by atoms with van der Waals surface area (Å²) in [5.74, 6) is 0.286. The van der Waals surface area contributed by atoms with Crippen molar-refractivity contribution in [2.75, 3.05) is 13.7 Å². The van der Waals surface area contributed by atoms with E-state index in [9.17, 15) is 4.39 Å². The molecular weight excluding hydrogens is 205 g/mol. The second-order valence-corrected chi connectivity index (χ2v) is 3.94. The van der Waals surface area contributed by atoms with Crippen LogP contribution in [0.1, 0.15) is 25.5 Å². The summed E-state index contributed by atoms with van der Waals surface area (Å²) in [7, 11) is 1.80. The molecule has 2 nitrogen and oxygen atoms in total. The minimum atomic E-state index is -0.249. The lowest BCUT2D eigenvalue weighted by Gasteiger charge is -2.13. The maximum absolute atomic E-state index is 13.7. The second-order valence-electron chi connectivity index (χ2n) is 3.94. The summed E-state index contributed by atoms with van der Waals surface area (Å²) in [4.78, 5) is 0.